The van der Waals surface area contributed by atoms with Crippen LogP contribution in [-0.2, 0) is 20.7 Å². The molecule has 0 aromatic heterocycles. The molecule has 2 rings (SSSR count). The zero-order valence-corrected chi connectivity index (χ0v) is 17.4. The lowest BCUT2D eigenvalue weighted by Crippen LogP contribution is -2.17. The molecule has 0 heterocycles. The minimum absolute atomic E-state index is 0.119. The molecular weight excluding hydrogens is 428 g/mol. The third kappa shape index (κ3) is 7.21. The van der Waals surface area contributed by atoms with Gasteiger partial charge in [-0.25, -0.2) is 4.79 Å². The molecule has 2 N–H and O–H groups in total. The van der Waals surface area contributed by atoms with Crippen molar-refractivity contribution in [3.8, 4) is 5.75 Å². The zero-order valence-electron chi connectivity index (χ0n) is 15.8. The van der Waals surface area contributed by atoms with Crippen LogP contribution in [0.2, 0.25) is 0 Å². The first-order chi connectivity index (χ1) is 13.5. The second-order valence-electron chi connectivity index (χ2n) is 5.85. The van der Waals surface area contributed by atoms with Gasteiger partial charge < -0.3 is 19.5 Å². The van der Waals surface area contributed by atoms with Crippen LogP contribution < -0.4 is 15.4 Å². The number of anilines is 2. The topological polar surface area (TPSA) is 85.9 Å². The molecule has 150 valence electrons. The van der Waals surface area contributed by atoms with Gasteiger partial charge in [-0.15, -0.1) is 0 Å². The second-order valence-corrected chi connectivity index (χ2v) is 6.71. The fraction of sp³-hybridized carbons (Fsp3) is 0.300. The summed E-state index contributed by atoms with van der Waals surface area (Å²) in [4.78, 5) is 23.9. The third-order valence-electron chi connectivity index (χ3n) is 3.77. The summed E-state index contributed by atoms with van der Waals surface area (Å²) in [6, 6.07) is 12.6. The van der Waals surface area contributed by atoms with E-state index >= 15 is 0 Å². The van der Waals surface area contributed by atoms with Crippen LogP contribution in [-0.4, -0.2) is 39.4 Å². The van der Waals surface area contributed by atoms with Crippen molar-refractivity contribution in [2.24, 2.45) is 0 Å². The molecular formula is C20H23BrN2O5. The summed E-state index contributed by atoms with van der Waals surface area (Å²) in [5.41, 5.74) is 2.15. The quantitative estimate of drug-likeness (QED) is 0.558. The zero-order chi connectivity index (χ0) is 20.4. The minimum atomic E-state index is -0.578. The summed E-state index contributed by atoms with van der Waals surface area (Å²) in [7, 11) is 3.14. The van der Waals surface area contributed by atoms with Crippen molar-refractivity contribution in [2.45, 2.75) is 12.8 Å². The van der Waals surface area contributed by atoms with Crippen molar-refractivity contribution in [1.29, 1.82) is 0 Å². The first-order valence-corrected chi connectivity index (χ1v) is 9.46. The normalized spacial score (nSPS) is 10.2. The van der Waals surface area contributed by atoms with E-state index in [0.717, 1.165) is 15.8 Å². The van der Waals surface area contributed by atoms with Gasteiger partial charge in [-0.2, -0.15) is 0 Å². The van der Waals surface area contributed by atoms with E-state index in [1.165, 1.54) is 7.11 Å². The van der Waals surface area contributed by atoms with Gasteiger partial charge in [0.15, 0.2) is 0 Å². The number of carbonyl (C=O) groups excluding carboxylic acids is 2. The van der Waals surface area contributed by atoms with E-state index in [2.05, 4.69) is 26.6 Å². The van der Waals surface area contributed by atoms with Gasteiger partial charge in [0.2, 0.25) is 5.91 Å². The van der Waals surface area contributed by atoms with Crippen molar-refractivity contribution < 1.29 is 23.8 Å². The van der Waals surface area contributed by atoms with Crippen molar-refractivity contribution in [3.63, 3.8) is 0 Å². The van der Waals surface area contributed by atoms with Gasteiger partial charge in [-0.1, -0.05) is 12.1 Å². The fourth-order valence-corrected chi connectivity index (χ4v) is 2.98. The van der Waals surface area contributed by atoms with E-state index in [-0.39, 0.29) is 12.5 Å². The highest BCUT2D eigenvalue weighted by molar-refractivity contribution is 9.10. The molecule has 0 unspecified atom stereocenters. The smallest absolute Gasteiger partial charge is 0.411 e. The predicted molar refractivity (Wildman–Crippen MR) is 111 cm³/mol. The van der Waals surface area contributed by atoms with Crippen LogP contribution in [0.3, 0.4) is 0 Å². The number of aryl methyl sites for hydroxylation is 1. The number of rotatable bonds is 9. The van der Waals surface area contributed by atoms with E-state index in [9.17, 15) is 9.59 Å². The molecule has 0 saturated carbocycles. The first-order valence-electron chi connectivity index (χ1n) is 8.67. The number of amides is 2. The van der Waals surface area contributed by atoms with E-state index in [1.807, 2.05) is 18.2 Å². The summed E-state index contributed by atoms with van der Waals surface area (Å²) < 4.78 is 15.8. The Labute approximate surface area is 172 Å². The SMILES string of the molecule is COCCOC(=O)Nc1cccc(NC(=O)CCc2ccc(OC)c(Br)c2)c1. The molecule has 0 fully saturated rings. The van der Waals surface area contributed by atoms with Crippen LogP contribution in [0.5, 0.6) is 5.75 Å². The average molecular weight is 451 g/mol. The maximum absolute atomic E-state index is 12.2. The number of hydrogen-bond donors (Lipinski definition) is 2. The molecule has 0 atom stereocenters. The van der Waals surface area contributed by atoms with Crippen LogP contribution in [0.1, 0.15) is 12.0 Å². The number of ether oxygens (including phenoxy) is 3. The highest BCUT2D eigenvalue weighted by Crippen LogP contribution is 2.26. The Balaban J connectivity index is 1.85. The van der Waals surface area contributed by atoms with Crippen molar-refractivity contribution in [2.75, 3.05) is 38.1 Å². The molecule has 8 heteroatoms. The Morgan fingerprint density at radius 3 is 2.43 bits per heavy atom. The average Bonchev–Trinajstić information content (AvgIpc) is 2.67. The monoisotopic (exact) mass is 450 g/mol. The van der Waals surface area contributed by atoms with Gasteiger partial charge in [0.05, 0.1) is 18.2 Å². The molecule has 7 nitrogen and oxygen atoms in total. The fourth-order valence-electron chi connectivity index (χ4n) is 2.39. The molecule has 2 amide bonds. The minimum Gasteiger partial charge on any atom is -0.496 e. The Kier molecular flexibility index (Phi) is 8.77. The first kappa shape index (κ1) is 21.7. The summed E-state index contributed by atoms with van der Waals surface area (Å²) in [5.74, 6) is 0.630. The summed E-state index contributed by atoms with van der Waals surface area (Å²) in [6.45, 7) is 0.495. The van der Waals surface area contributed by atoms with Gasteiger partial charge >= 0.3 is 6.09 Å². The molecule has 0 aliphatic carbocycles. The van der Waals surface area contributed by atoms with Crippen LogP contribution in [0.15, 0.2) is 46.9 Å². The maximum atomic E-state index is 12.2. The Hall–Kier alpha value is -2.58. The predicted octanol–water partition coefficient (Wildman–Crippen LogP) is 4.22. The standard InChI is InChI=1S/C20H23BrN2O5/c1-26-10-11-28-20(25)23-16-5-3-4-15(13-16)22-19(24)9-7-14-6-8-18(27-2)17(21)12-14/h3-6,8,12-13H,7,9-11H2,1-2H3,(H,22,24)(H,23,25). The van der Waals surface area contributed by atoms with Crippen LogP contribution in [0.4, 0.5) is 16.2 Å². The number of methoxy groups -OCH3 is 2. The molecule has 2 aromatic rings. The molecule has 0 aliphatic rings. The van der Waals surface area contributed by atoms with E-state index in [0.29, 0.717) is 30.8 Å². The Bertz CT molecular complexity index is 813. The number of carbonyl (C=O) groups is 2. The number of benzene rings is 2. The highest BCUT2D eigenvalue weighted by Gasteiger charge is 2.08. The number of hydrogen-bond acceptors (Lipinski definition) is 5. The lowest BCUT2D eigenvalue weighted by Gasteiger charge is -2.10. The molecule has 0 aliphatic heterocycles. The van der Waals surface area contributed by atoms with Crippen molar-refractivity contribution in [1.82, 2.24) is 0 Å². The van der Waals surface area contributed by atoms with E-state index in [1.54, 1.807) is 31.4 Å². The van der Waals surface area contributed by atoms with Crippen molar-refractivity contribution >= 4 is 39.3 Å². The summed E-state index contributed by atoms with van der Waals surface area (Å²) >= 11 is 3.44. The molecule has 0 radical (unpaired) electrons. The number of halogens is 1. The summed E-state index contributed by atoms with van der Waals surface area (Å²) in [5, 5.41) is 5.43. The molecule has 28 heavy (non-hydrogen) atoms. The third-order valence-corrected chi connectivity index (χ3v) is 4.39. The van der Waals surface area contributed by atoms with Gasteiger partial charge in [0.25, 0.3) is 0 Å². The molecule has 0 spiro atoms. The van der Waals surface area contributed by atoms with Gasteiger partial charge in [-0.3, -0.25) is 10.1 Å². The molecule has 0 bridgehead atoms. The largest absolute Gasteiger partial charge is 0.496 e. The molecule has 0 saturated heterocycles. The van der Waals surface area contributed by atoms with Crippen LogP contribution >= 0.6 is 15.9 Å². The summed E-state index contributed by atoms with van der Waals surface area (Å²) in [6.07, 6.45) is 0.346. The van der Waals surface area contributed by atoms with Crippen LogP contribution in [0.25, 0.3) is 0 Å². The van der Waals surface area contributed by atoms with Gasteiger partial charge in [0.1, 0.15) is 12.4 Å². The molecule has 2 aromatic carbocycles. The van der Waals surface area contributed by atoms with Crippen molar-refractivity contribution in [3.05, 3.63) is 52.5 Å². The Morgan fingerprint density at radius 2 is 1.75 bits per heavy atom. The van der Waals surface area contributed by atoms with E-state index < -0.39 is 6.09 Å². The lowest BCUT2D eigenvalue weighted by molar-refractivity contribution is -0.116. The maximum Gasteiger partial charge on any atom is 0.411 e. The number of nitrogens with one attached hydrogen (secondary N) is 2. The Morgan fingerprint density at radius 1 is 1.00 bits per heavy atom. The lowest BCUT2D eigenvalue weighted by atomic mass is 10.1. The van der Waals surface area contributed by atoms with Gasteiger partial charge in [-0.05, 0) is 58.2 Å². The van der Waals surface area contributed by atoms with Gasteiger partial charge in [0, 0.05) is 24.9 Å². The highest BCUT2D eigenvalue weighted by atomic mass is 79.9. The van der Waals surface area contributed by atoms with E-state index in [4.69, 9.17) is 14.2 Å². The second kappa shape index (κ2) is 11.3. The van der Waals surface area contributed by atoms with Crippen LogP contribution in [0, 0.1) is 0 Å².